The van der Waals surface area contributed by atoms with Crippen LogP contribution in [0.2, 0.25) is 0 Å². The average Bonchev–Trinajstić information content (AvgIpc) is 2.82. The van der Waals surface area contributed by atoms with Crippen LogP contribution >= 0.6 is 0 Å². The largest absolute Gasteiger partial charge is 0.495 e. The molecule has 38 heavy (non-hydrogen) atoms. The number of sulfone groups is 1. The van der Waals surface area contributed by atoms with Crippen molar-refractivity contribution in [3.8, 4) is 5.75 Å². The third-order valence-corrected chi connectivity index (χ3v) is 8.28. The predicted molar refractivity (Wildman–Crippen MR) is 138 cm³/mol. The summed E-state index contributed by atoms with van der Waals surface area (Å²) in [7, 11) is -1.68. The number of benzene rings is 2. The van der Waals surface area contributed by atoms with Gasteiger partial charge in [0, 0.05) is 30.1 Å². The molecule has 1 saturated heterocycles. The number of nitrogens with one attached hydrogen (secondary N) is 2. The highest BCUT2D eigenvalue weighted by Gasteiger charge is 2.49. The zero-order chi connectivity index (χ0) is 28.0. The van der Waals surface area contributed by atoms with E-state index in [2.05, 4.69) is 15.3 Å². The first-order valence-electron chi connectivity index (χ1n) is 11.9. The number of H-pyrrole nitrogens is 1. The number of rotatable bonds is 7. The van der Waals surface area contributed by atoms with Crippen LogP contribution in [-0.4, -0.2) is 60.8 Å². The Morgan fingerprint density at radius 3 is 2.47 bits per heavy atom. The first-order chi connectivity index (χ1) is 17.6. The van der Waals surface area contributed by atoms with Crippen molar-refractivity contribution in [2.45, 2.75) is 38.3 Å². The van der Waals surface area contributed by atoms with Crippen LogP contribution in [0.1, 0.15) is 37.9 Å². The molecule has 206 valence electrons. The Balaban J connectivity index is 1.76. The normalized spacial score (nSPS) is 16.9. The van der Waals surface area contributed by atoms with Crippen molar-refractivity contribution < 1.29 is 31.4 Å². The third-order valence-electron chi connectivity index (χ3n) is 6.67. The van der Waals surface area contributed by atoms with Gasteiger partial charge in [-0.05, 0) is 32.9 Å². The van der Waals surface area contributed by atoms with Crippen molar-refractivity contribution in [1.82, 2.24) is 9.97 Å². The number of nitrogens with zero attached hydrogens (tertiary/aromatic N) is 2. The summed E-state index contributed by atoms with van der Waals surface area (Å²) < 4.78 is 74.2. The van der Waals surface area contributed by atoms with Crippen LogP contribution in [0.15, 0.2) is 35.1 Å². The first kappa shape index (κ1) is 27.7. The number of anilines is 2. The lowest BCUT2D eigenvalue weighted by Gasteiger charge is -2.30. The van der Waals surface area contributed by atoms with Gasteiger partial charge in [-0.1, -0.05) is 12.1 Å². The fourth-order valence-electron chi connectivity index (χ4n) is 4.39. The molecule has 0 radical (unpaired) electrons. The number of hydrogen-bond donors (Lipinski definition) is 3. The van der Waals surface area contributed by atoms with Crippen LogP contribution in [0.5, 0.6) is 5.75 Å². The van der Waals surface area contributed by atoms with Gasteiger partial charge in [-0.15, -0.1) is 0 Å². The van der Waals surface area contributed by atoms with Gasteiger partial charge in [0.1, 0.15) is 23.0 Å². The molecule has 0 bridgehead atoms. The van der Waals surface area contributed by atoms with E-state index < -0.39 is 44.5 Å². The first-order valence-corrected chi connectivity index (χ1v) is 13.7. The third kappa shape index (κ3) is 5.17. The van der Waals surface area contributed by atoms with Crippen molar-refractivity contribution in [3.63, 3.8) is 0 Å². The molecule has 9 nitrogen and oxygen atoms in total. The second-order valence-electron chi connectivity index (χ2n) is 9.81. The molecule has 0 amide bonds. The summed E-state index contributed by atoms with van der Waals surface area (Å²) in [6, 6.07) is 5.87. The van der Waals surface area contributed by atoms with Crippen molar-refractivity contribution in [3.05, 3.63) is 57.8 Å². The molecule has 1 fully saturated rings. The Morgan fingerprint density at radius 1 is 1.21 bits per heavy atom. The average molecular weight is 555 g/mol. The van der Waals surface area contributed by atoms with Gasteiger partial charge in [0.2, 0.25) is 0 Å². The van der Waals surface area contributed by atoms with Crippen LogP contribution < -0.4 is 20.6 Å². The van der Waals surface area contributed by atoms with Gasteiger partial charge in [-0.2, -0.15) is 13.8 Å². The monoisotopic (exact) mass is 554 g/mol. The van der Waals surface area contributed by atoms with Crippen molar-refractivity contribution in [2.75, 3.05) is 41.9 Å². The Hall–Kier alpha value is -3.32. The molecule has 2 heterocycles. The summed E-state index contributed by atoms with van der Waals surface area (Å²) in [5.74, 6) is -4.62. The molecule has 3 aromatic rings. The zero-order valence-electron chi connectivity index (χ0n) is 21.3. The minimum Gasteiger partial charge on any atom is -0.495 e. The van der Waals surface area contributed by atoms with E-state index in [4.69, 9.17) is 4.74 Å². The number of aliphatic hydroxyl groups is 1. The Kier molecular flexibility index (Phi) is 7.12. The van der Waals surface area contributed by atoms with Gasteiger partial charge < -0.3 is 25.0 Å². The molecule has 1 atom stereocenters. The van der Waals surface area contributed by atoms with Gasteiger partial charge >= 0.3 is 11.6 Å². The highest BCUT2D eigenvalue weighted by atomic mass is 32.2. The van der Waals surface area contributed by atoms with Gasteiger partial charge in [0.25, 0.3) is 0 Å². The number of halogens is 3. The van der Waals surface area contributed by atoms with Crippen LogP contribution in [0.4, 0.5) is 24.7 Å². The maximum absolute atomic E-state index is 15.3. The minimum absolute atomic E-state index is 0.0227. The van der Waals surface area contributed by atoms with Crippen molar-refractivity contribution >= 4 is 32.2 Å². The quantitative estimate of drug-likeness (QED) is 0.406. The van der Waals surface area contributed by atoms with Gasteiger partial charge in [0.15, 0.2) is 9.84 Å². The van der Waals surface area contributed by atoms with Crippen LogP contribution in [-0.2, 0) is 15.8 Å². The van der Waals surface area contributed by atoms with E-state index in [-0.39, 0.29) is 36.0 Å². The predicted octanol–water partition coefficient (Wildman–Crippen LogP) is 3.34. The zero-order valence-corrected chi connectivity index (χ0v) is 22.1. The molecule has 0 unspecified atom stereocenters. The topological polar surface area (TPSA) is 125 Å². The van der Waals surface area contributed by atoms with Crippen LogP contribution in [0, 0.1) is 5.82 Å². The summed E-state index contributed by atoms with van der Waals surface area (Å²) in [6.45, 7) is 3.81. The molecule has 0 saturated carbocycles. The number of methoxy groups -OCH3 is 1. The fraction of sp³-hybridized carbons (Fsp3) is 0.440. The number of fused-ring (bicyclic) bond motifs is 1. The van der Waals surface area contributed by atoms with E-state index in [9.17, 15) is 27.1 Å². The lowest BCUT2D eigenvalue weighted by Crippen LogP contribution is -2.41. The number of hydrogen-bond acceptors (Lipinski definition) is 8. The Bertz CT molecular complexity index is 1520. The fourth-order valence-corrected chi connectivity index (χ4v) is 5.59. The molecule has 0 aliphatic carbocycles. The molecule has 1 aliphatic rings. The van der Waals surface area contributed by atoms with E-state index in [1.807, 2.05) is 4.90 Å². The molecule has 1 aromatic heterocycles. The lowest BCUT2D eigenvalue weighted by molar-refractivity contribution is -0.170. The number of aromatic nitrogens is 2. The van der Waals surface area contributed by atoms with Crippen LogP contribution in [0.25, 0.3) is 10.9 Å². The van der Waals surface area contributed by atoms with Gasteiger partial charge in [0.05, 0.1) is 41.4 Å². The van der Waals surface area contributed by atoms with Gasteiger partial charge in [-0.25, -0.2) is 17.6 Å². The molecular formula is C25H29F3N4O5S. The van der Waals surface area contributed by atoms with E-state index in [0.717, 1.165) is 19.9 Å². The summed E-state index contributed by atoms with van der Waals surface area (Å²) in [5.41, 5.74) is -3.33. The smallest absolute Gasteiger partial charge is 0.347 e. The molecule has 2 aromatic carbocycles. The lowest BCUT2D eigenvalue weighted by atomic mass is 9.91. The second kappa shape index (κ2) is 9.77. The number of ether oxygens (including phenoxy) is 1. The SMILES string of the molecule is COc1cc2[nH]c(=O)nc(N[C@H](C)c3cccc(C(F)(F)C(C)(C)O)c3F)c2cc1N1CCS(=O)(=O)CC1. The maximum Gasteiger partial charge on any atom is 0.347 e. The molecule has 3 N–H and O–H groups in total. The van der Waals surface area contributed by atoms with E-state index in [0.29, 0.717) is 22.3 Å². The highest BCUT2D eigenvalue weighted by molar-refractivity contribution is 7.91. The van der Waals surface area contributed by atoms with Crippen LogP contribution in [0.3, 0.4) is 0 Å². The summed E-state index contributed by atoms with van der Waals surface area (Å²) in [6.07, 6.45) is 0. The highest BCUT2D eigenvalue weighted by Crippen LogP contribution is 2.41. The molecule has 4 rings (SSSR count). The summed E-state index contributed by atoms with van der Waals surface area (Å²) >= 11 is 0. The van der Waals surface area contributed by atoms with E-state index in [1.54, 1.807) is 12.1 Å². The molecule has 0 spiro atoms. The van der Waals surface area contributed by atoms with E-state index >= 15 is 4.39 Å². The molecule has 13 heteroatoms. The van der Waals surface area contributed by atoms with Crippen molar-refractivity contribution in [2.24, 2.45) is 0 Å². The summed E-state index contributed by atoms with van der Waals surface area (Å²) in [5, 5.41) is 13.3. The van der Waals surface area contributed by atoms with E-state index in [1.165, 1.54) is 26.2 Å². The van der Waals surface area contributed by atoms with Crippen molar-refractivity contribution in [1.29, 1.82) is 0 Å². The molecule has 1 aliphatic heterocycles. The maximum atomic E-state index is 15.3. The number of aromatic amines is 1. The summed E-state index contributed by atoms with van der Waals surface area (Å²) in [4.78, 5) is 20.8. The molecular weight excluding hydrogens is 525 g/mol. The minimum atomic E-state index is -3.87. The number of alkyl halides is 2. The van der Waals surface area contributed by atoms with Gasteiger partial charge in [-0.3, -0.25) is 0 Å². The second-order valence-corrected chi connectivity index (χ2v) is 12.1. The standard InChI is InChI=1S/C25H29F3N4O5S/c1-14(15-6-5-7-17(21(15)26)25(27,28)24(2,3)34)29-22-16-12-19(32-8-10-38(35,36)11-9-32)20(37-4)13-18(16)30-23(33)31-22/h5-7,12-14,34H,8-11H2,1-4H3,(H2,29,30,31,33)/t14-/m1/s1. The Morgan fingerprint density at radius 2 is 1.87 bits per heavy atom. The Labute approximate surface area is 217 Å².